The van der Waals surface area contributed by atoms with Crippen molar-refractivity contribution in [2.24, 2.45) is 5.92 Å². The Morgan fingerprint density at radius 3 is 2.89 bits per heavy atom. The van der Waals surface area contributed by atoms with Gasteiger partial charge in [-0.2, -0.15) is 0 Å². The largest absolute Gasteiger partial charge is 0.391 e. The quantitative estimate of drug-likeness (QED) is 0.685. The molecular weight excluding hydrogens is 252 g/mol. The van der Waals surface area contributed by atoms with Crippen LogP contribution in [0.2, 0.25) is 0 Å². The molecule has 1 saturated heterocycles. The maximum Gasteiger partial charge on any atom is 0.261 e. The molecule has 1 aliphatic heterocycles. The summed E-state index contributed by atoms with van der Waals surface area (Å²) in [4.78, 5) is 23.5. The summed E-state index contributed by atoms with van der Waals surface area (Å²) >= 11 is 1.26. The van der Waals surface area contributed by atoms with Crippen molar-refractivity contribution >= 4 is 23.0 Å². The SMILES string of the molecule is CC(=O)c1csc(C(=O)NCC2CNCC2O)c1. The Labute approximate surface area is 109 Å². The molecule has 18 heavy (non-hydrogen) atoms. The van der Waals surface area contributed by atoms with Crippen molar-refractivity contribution in [3.8, 4) is 0 Å². The van der Waals surface area contributed by atoms with E-state index in [-0.39, 0.29) is 17.6 Å². The fourth-order valence-electron chi connectivity index (χ4n) is 1.88. The van der Waals surface area contributed by atoms with Crippen molar-refractivity contribution in [3.63, 3.8) is 0 Å². The predicted octanol–water partition coefficient (Wildman–Crippen LogP) is 0.261. The van der Waals surface area contributed by atoms with Crippen LogP contribution in [0, 0.1) is 5.92 Å². The average molecular weight is 268 g/mol. The molecule has 6 heteroatoms. The van der Waals surface area contributed by atoms with E-state index in [1.807, 2.05) is 0 Å². The number of Topliss-reactive ketones (excluding diaryl/α,β-unsaturated/α-hetero) is 1. The number of aliphatic hydroxyl groups is 1. The van der Waals surface area contributed by atoms with Gasteiger partial charge in [-0.15, -0.1) is 11.3 Å². The van der Waals surface area contributed by atoms with Gasteiger partial charge in [0.05, 0.1) is 11.0 Å². The number of thiophene rings is 1. The van der Waals surface area contributed by atoms with E-state index in [0.29, 0.717) is 30.1 Å². The topological polar surface area (TPSA) is 78.4 Å². The van der Waals surface area contributed by atoms with Gasteiger partial charge >= 0.3 is 0 Å². The van der Waals surface area contributed by atoms with Crippen LogP contribution in [0.5, 0.6) is 0 Å². The van der Waals surface area contributed by atoms with E-state index < -0.39 is 6.10 Å². The minimum absolute atomic E-state index is 0.0410. The summed E-state index contributed by atoms with van der Waals surface area (Å²) in [6.07, 6.45) is -0.401. The molecule has 0 bridgehead atoms. The number of amides is 1. The van der Waals surface area contributed by atoms with Crippen LogP contribution in [0.1, 0.15) is 27.0 Å². The molecule has 98 valence electrons. The molecule has 0 aliphatic carbocycles. The highest BCUT2D eigenvalue weighted by molar-refractivity contribution is 7.12. The van der Waals surface area contributed by atoms with Crippen LogP contribution < -0.4 is 10.6 Å². The van der Waals surface area contributed by atoms with Gasteiger partial charge in [0.2, 0.25) is 0 Å². The predicted molar refractivity (Wildman–Crippen MR) is 69.0 cm³/mol. The Kier molecular flexibility index (Phi) is 4.11. The molecule has 2 rings (SSSR count). The van der Waals surface area contributed by atoms with E-state index >= 15 is 0 Å². The lowest BCUT2D eigenvalue weighted by Crippen LogP contribution is -2.34. The second-order valence-corrected chi connectivity index (χ2v) is 5.36. The molecule has 0 radical (unpaired) electrons. The second kappa shape index (κ2) is 5.60. The van der Waals surface area contributed by atoms with E-state index in [2.05, 4.69) is 10.6 Å². The third kappa shape index (κ3) is 2.95. The Morgan fingerprint density at radius 2 is 2.33 bits per heavy atom. The van der Waals surface area contributed by atoms with E-state index in [0.717, 1.165) is 0 Å². The van der Waals surface area contributed by atoms with E-state index in [4.69, 9.17) is 0 Å². The number of carbonyl (C=O) groups is 2. The summed E-state index contributed by atoms with van der Waals surface area (Å²) < 4.78 is 0. The zero-order valence-electron chi connectivity index (χ0n) is 10.1. The zero-order chi connectivity index (χ0) is 13.1. The fraction of sp³-hybridized carbons (Fsp3) is 0.500. The first kappa shape index (κ1) is 13.2. The highest BCUT2D eigenvalue weighted by Crippen LogP contribution is 2.15. The van der Waals surface area contributed by atoms with Crippen molar-refractivity contribution in [1.29, 1.82) is 0 Å². The number of rotatable bonds is 4. The van der Waals surface area contributed by atoms with Gasteiger partial charge < -0.3 is 15.7 Å². The van der Waals surface area contributed by atoms with E-state index in [1.54, 1.807) is 11.4 Å². The summed E-state index contributed by atoms with van der Waals surface area (Å²) in [5, 5.41) is 17.1. The number of hydrogen-bond acceptors (Lipinski definition) is 5. The number of nitrogens with one attached hydrogen (secondary N) is 2. The second-order valence-electron chi connectivity index (χ2n) is 4.45. The Bertz CT molecular complexity index is 458. The number of hydrogen-bond donors (Lipinski definition) is 3. The number of carbonyl (C=O) groups excluding carboxylic acids is 2. The maximum atomic E-state index is 11.8. The molecule has 3 N–H and O–H groups in total. The molecule has 2 unspecified atom stereocenters. The number of β-amino-alcohol motifs (C(OH)–C–C–N with tert-alkyl or cyclic N) is 1. The van der Waals surface area contributed by atoms with Gasteiger partial charge in [0.25, 0.3) is 5.91 Å². The summed E-state index contributed by atoms with van der Waals surface area (Å²) in [5.41, 5.74) is 0.563. The van der Waals surface area contributed by atoms with Gasteiger partial charge in [0.1, 0.15) is 0 Å². The van der Waals surface area contributed by atoms with Crippen molar-refractivity contribution < 1.29 is 14.7 Å². The highest BCUT2D eigenvalue weighted by atomic mass is 32.1. The zero-order valence-corrected chi connectivity index (χ0v) is 10.9. The van der Waals surface area contributed by atoms with Gasteiger partial charge in [0, 0.05) is 36.5 Å². The Balaban J connectivity index is 1.89. The van der Waals surface area contributed by atoms with E-state index in [1.165, 1.54) is 18.3 Å². The highest BCUT2D eigenvalue weighted by Gasteiger charge is 2.25. The molecule has 1 aliphatic rings. The summed E-state index contributed by atoms with van der Waals surface area (Å²) in [6, 6.07) is 1.60. The van der Waals surface area contributed by atoms with Crippen molar-refractivity contribution in [2.75, 3.05) is 19.6 Å². The maximum absolute atomic E-state index is 11.8. The first-order chi connectivity index (χ1) is 8.58. The average Bonchev–Trinajstić information content (AvgIpc) is 2.94. The minimum atomic E-state index is -0.401. The molecule has 0 spiro atoms. The van der Waals surface area contributed by atoms with Crippen LogP contribution in [0.25, 0.3) is 0 Å². The standard InChI is InChI=1S/C12H16N2O3S/c1-7(15)8-2-11(18-6-8)12(17)14-4-9-3-13-5-10(9)16/h2,6,9-10,13,16H,3-5H2,1H3,(H,14,17). The van der Waals surface area contributed by atoms with Gasteiger partial charge in [-0.1, -0.05) is 0 Å². The molecule has 1 aromatic rings. The first-order valence-corrected chi connectivity index (χ1v) is 6.72. The monoisotopic (exact) mass is 268 g/mol. The van der Waals surface area contributed by atoms with Crippen molar-refractivity contribution in [3.05, 3.63) is 21.9 Å². The number of aliphatic hydroxyl groups excluding tert-OH is 1. The Morgan fingerprint density at radius 1 is 1.56 bits per heavy atom. The van der Waals surface area contributed by atoms with Crippen LogP contribution in [0.15, 0.2) is 11.4 Å². The summed E-state index contributed by atoms with van der Waals surface area (Å²) in [7, 11) is 0. The van der Waals surface area contributed by atoms with Crippen molar-refractivity contribution in [1.82, 2.24) is 10.6 Å². The molecule has 1 amide bonds. The fourth-order valence-corrected chi connectivity index (χ4v) is 2.74. The third-order valence-electron chi connectivity index (χ3n) is 3.06. The molecule has 1 fully saturated rings. The smallest absolute Gasteiger partial charge is 0.261 e. The molecule has 1 aromatic heterocycles. The van der Waals surface area contributed by atoms with Crippen LogP contribution >= 0.6 is 11.3 Å². The van der Waals surface area contributed by atoms with Crippen LogP contribution in [0.3, 0.4) is 0 Å². The van der Waals surface area contributed by atoms with E-state index in [9.17, 15) is 14.7 Å². The molecule has 5 nitrogen and oxygen atoms in total. The van der Waals surface area contributed by atoms with Crippen LogP contribution in [-0.2, 0) is 0 Å². The van der Waals surface area contributed by atoms with Gasteiger partial charge in [-0.25, -0.2) is 0 Å². The normalized spacial score (nSPS) is 23.0. The molecule has 0 saturated carbocycles. The first-order valence-electron chi connectivity index (χ1n) is 5.84. The third-order valence-corrected chi connectivity index (χ3v) is 3.99. The summed E-state index contributed by atoms with van der Waals surface area (Å²) in [6.45, 7) is 3.21. The lowest BCUT2D eigenvalue weighted by molar-refractivity contribution is 0.0931. The lowest BCUT2D eigenvalue weighted by atomic mass is 10.1. The molecule has 2 heterocycles. The molecule has 2 atom stereocenters. The van der Waals surface area contributed by atoms with Crippen LogP contribution in [-0.4, -0.2) is 42.5 Å². The number of ketones is 1. The van der Waals surface area contributed by atoms with Gasteiger partial charge in [0.15, 0.2) is 5.78 Å². The van der Waals surface area contributed by atoms with Gasteiger partial charge in [-0.05, 0) is 13.0 Å². The van der Waals surface area contributed by atoms with Crippen LogP contribution in [0.4, 0.5) is 0 Å². The van der Waals surface area contributed by atoms with Crippen molar-refractivity contribution in [2.45, 2.75) is 13.0 Å². The molecule has 0 aromatic carbocycles. The minimum Gasteiger partial charge on any atom is -0.391 e. The lowest BCUT2D eigenvalue weighted by Gasteiger charge is -2.13. The Hall–Kier alpha value is -1.24. The van der Waals surface area contributed by atoms with Gasteiger partial charge in [-0.3, -0.25) is 9.59 Å². The molecular formula is C12H16N2O3S. The summed E-state index contributed by atoms with van der Waals surface area (Å²) in [5.74, 6) is -0.173.